The summed E-state index contributed by atoms with van der Waals surface area (Å²) in [7, 11) is -3.54. The molecule has 1 unspecified atom stereocenters. The Hall–Kier alpha value is -1.76. The van der Waals surface area contributed by atoms with Crippen molar-refractivity contribution >= 4 is 27.3 Å². The van der Waals surface area contributed by atoms with Crippen molar-refractivity contribution in [3.63, 3.8) is 0 Å². The normalized spacial score (nSPS) is 17.0. The van der Waals surface area contributed by atoms with Crippen LogP contribution < -0.4 is 14.5 Å². The van der Waals surface area contributed by atoms with Gasteiger partial charge in [0, 0.05) is 24.8 Å². The zero-order valence-electron chi connectivity index (χ0n) is 16.2. The van der Waals surface area contributed by atoms with E-state index in [9.17, 15) is 13.2 Å². The fourth-order valence-electron chi connectivity index (χ4n) is 3.05. The second-order valence-corrected chi connectivity index (χ2v) is 9.24. The van der Waals surface area contributed by atoms with Crippen molar-refractivity contribution in [1.82, 2.24) is 5.32 Å². The van der Waals surface area contributed by atoms with E-state index < -0.39 is 10.0 Å². The van der Waals surface area contributed by atoms with Gasteiger partial charge in [-0.05, 0) is 56.4 Å². The highest BCUT2D eigenvalue weighted by Gasteiger charge is 2.22. The average molecular weight is 382 g/mol. The van der Waals surface area contributed by atoms with Gasteiger partial charge in [-0.2, -0.15) is 0 Å². The minimum absolute atomic E-state index is 0.0211. The predicted octanol–water partition coefficient (Wildman–Crippen LogP) is 2.60. The van der Waals surface area contributed by atoms with E-state index in [-0.39, 0.29) is 18.5 Å². The summed E-state index contributed by atoms with van der Waals surface area (Å²) in [6, 6.07) is 7.47. The maximum absolute atomic E-state index is 12.2. The number of rotatable bonds is 7. The molecule has 1 aromatic carbocycles. The molecule has 1 saturated heterocycles. The van der Waals surface area contributed by atoms with E-state index in [1.807, 2.05) is 26.0 Å². The second kappa shape index (κ2) is 8.75. The van der Waals surface area contributed by atoms with E-state index in [2.05, 4.69) is 17.1 Å². The van der Waals surface area contributed by atoms with Crippen LogP contribution >= 0.6 is 0 Å². The molecule has 26 heavy (non-hydrogen) atoms. The topological polar surface area (TPSA) is 69.7 Å². The lowest BCUT2D eigenvalue weighted by Crippen LogP contribution is -2.43. The zero-order valence-corrected chi connectivity index (χ0v) is 17.1. The Labute approximate surface area is 157 Å². The Kier molecular flexibility index (Phi) is 6.92. The summed E-state index contributed by atoms with van der Waals surface area (Å²) in [5.74, 6) is 0.467. The SMILES string of the molecule is CCC(C)NC(=O)CN(c1ccc(N2CCC(C)CC2)cc1)S(C)(=O)=O. The number of benzene rings is 1. The first kappa shape index (κ1) is 20.6. The minimum Gasteiger partial charge on any atom is -0.372 e. The highest BCUT2D eigenvalue weighted by molar-refractivity contribution is 7.92. The third-order valence-electron chi connectivity index (χ3n) is 4.99. The van der Waals surface area contributed by atoms with Crippen molar-refractivity contribution in [1.29, 1.82) is 0 Å². The molecule has 0 radical (unpaired) electrons. The predicted molar refractivity (Wildman–Crippen MR) is 107 cm³/mol. The van der Waals surface area contributed by atoms with Crippen LogP contribution in [0.15, 0.2) is 24.3 Å². The minimum atomic E-state index is -3.54. The van der Waals surface area contributed by atoms with Gasteiger partial charge in [0.2, 0.25) is 15.9 Å². The van der Waals surface area contributed by atoms with E-state index in [1.54, 1.807) is 12.1 Å². The van der Waals surface area contributed by atoms with Crippen molar-refractivity contribution in [3.05, 3.63) is 24.3 Å². The number of hydrogen-bond donors (Lipinski definition) is 1. The molecule has 2 rings (SSSR count). The van der Waals surface area contributed by atoms with Gasteiger partial charge in [-0.3, -0.25) is 9.10 Å². The molecule has 7 heteroatoms. The molecule has 1 aromatic rings. The summed E-state index contributed by atoms with van der Waals surface area (Å²) in [5.41, 5.74) is 1.61. The average Bonchev–Trinajstić information content (AvgIpc) is 2.59. The maximum Gasteiger partial charge on any atom is 0.240 e. The van der Waals surface area contributed by atoms with Crippen LogP contribution in [0.4, 0.5) is 11.4 Å². The zero-order chi connectivity index (χ0) is 19.3. The van der Waals surface area contributed by atoms with Crippen LogP contribution in [0.3, 0.4) is 0 Å². The second-order valence-electron chi connectivity index (χ2n) is 7.33. The van der Waals surface area contributed by atoms with Crippen molar-refractivity contribution < 1.29 is 13.2 Å². The number of carbonyl (C=O) groups excluding carboxylic acids is 1. The lowest BCUT2D eigenvalue weighted by atomic mass is 9.99. The van der Waals surface area contributed by atoms with E-state index in [0.29, 0.717) is 5.69 Å². The van der Waals surface area contributed by atoms with Gasteiger partial charge >= 0.3 is 0 Å². The first-order valence-corrected chi connectivity index (χ1v) is 11.2. The number of sulfonamides is 1. The molecule has 1 aliphatic heterocycles. The van der Waals surface area contributed by atoms with Crippen LogP contribution in [0.5, 0.6) is 0 Å². The van der Waals surface area contributed by atoms with Crippen molar-refractivity contribution in [2.75, 3.05) is 35.1 Å². The Morgan fingerprint density at radius 1 is 1.27 bits per heavy atom. The summed E-state index contributed by atoms with van der Waals surface area (Å²) < 4.78 is 25.5. The Morgan fingerprint density at radius 3 is 2.35 bits per heavy atom. The molecular formula is C19H31N3O3S. The molecule has 0 bridgehead atoms. The number of carbonyl (C=O) groups is 1. The molecule has 1 amide bonds. The van der Waals surface area contributed by atoms with Gasteiger partial charge in [0.05, 0.1) is 11.9 Å². The highest BCUT2D eigenvalue weighted by Crippen LogP contribution is 2.26. The van der Waals surface area contributed by atoms with Crippen LogP contribution in [0, 0.1) is 5.92 Å². The van der Waals surface area contributed by atoms with Gasteiger partial charge in [0.1, 0.15) is 6.54 Å². The van der Waals surface area contributed by atoms with Crippen LogP contribution in [-0.2, 0) is 14.8 Å². The fourth-order valence-corrected chi connectivity index (χ4v) is 3.91. The quantitative estimate of drug-likeness (QED) is 0.788. The first-order valence-electron chi connectivity index (χ1n) is 9.32. The van der Waals surface area contributed by atoms with Gasteiger partial charge in [0.15, 0.2) is 0 Å². The van der Waals surface area contributed by atoms with Crippen molar-refractivity contribution in [2.45, 2.75) is 46.1 Å². The molecule has 1 heterocycles. The molecule has 0 saturated carbocycles. The van der Waals surface area contributed by atoms with Gasteiger partial charge in [-0.25, -0.2) is 8.42 Å². The summed E-state index contributed by atoms with van der Waals surface area (Å²) in [5, 5.41) is 2.82. The molecular weight excluding hydrogens is 350 g/mol. The monoisotopic (exact) mass is 381 g/mol. The molecule has 146 valence electrons. The maximum atomic E-state index is 12.2. The van der Waals surface area contributed by atoms with E-state index >= 15 is 0 Å². The first-order chi connectivity index (χ1) is 12.2. The van der Waals surface area contributed by atoms with E-state index in [4.69, 9.17) is 0 Å². The number of amides is 1. The number of nitrogens with one attached hydrogen (secondary N) is 1. The highest BCUT2D eigenvalue weighted by atomic mass is 32.2. The van der Waals surface area contributed by atoms with Crippen LogP contribution in [0.2, 0.25) is 0 Å². The van der Waals surface area contributed by atoms with Crippen molar-refractivity contribution in [2.24, 2.45) is 5.92 Å². The Bertz CT molecular complexity index is 695. The van der Waals surface area contributed by atoms with E-state index in [0.717, 1.165) is 41.7 Å². The lowest BCUT2D eigenvalue weighted by Gasteiger charge is -2.32. The molecule has 1 fully saturated rings. The Balaban J connectivity index is 2.12. The summed E-state index contributed by atoms with van der Waals surface area (Å²) >= 11 is 0. The summed E-state index contributed by atoms with van der Waals surface area (Å²) in [6.07, 6.45) is 4.28. The Morgan fingerprint density at radius 2 is 1.85 bits per heavy atom. The molecule has 0 spiro atoms. The molecule has 1 atom stereocenters. The van der Waals surface area contributed by atoms with Gasteiger partial charge < -0.3 is 10.2 Å². The molecule has 1 aliphatic rings. The van der Waals surface area contributed by atoms with Gasteiger partial charge in [0.25, 0.3) is 0 Å². The van der Waals surface area contributed by atoms with Gasteiger partial charge in [-0.15, -0.1) is 0 Å². The number of anilines is 2. The number of piperidine rings is 1. The lowest BCUT2D eigenvalue weighted by molar-refractivity contribution is -0.120. The molecule has 0 aliphatic carbocycles. The fraction of sp³-hybridized carbons (Fsp3) is 0.632. The number of nitrogens with zero attached hydrogens (tertiary/aromatic N) is 2. The van der Waals surface area contributed by atoms with Crippen molar-refractivity contribution in [3.8, 4) is 0 Å². The third kappa shape index (κ3) is 5.62. The van der Waals surface area contributed by atoms with Crippen LogP contribution in [0.25, 0.3) is 0 Å². The smallest absolute Gasteiger partial charge is 0.240 e. The molecule has 6 nitrogen and oxygen atoms in total. The molecule has 0 aromatic heterocycles. The standard InChI is InChI=1S/C19H31N3O3S/c1-5-16(3)20-19(23)14-22(26(4,24)25)18-8-6-17(7-9-18)21-12-10-15(2)11-13-21/h6-9,15-16H,5,10-14H2,1-4H3,(H,20,23). The summed E-state index contributed by atoms with van der Waals surface area (Å²) in [6.45, 7) is 7.98. The van der Waals surface area contributed by atoms with E-state index in [1.165, 1.54) is 12.8 Å². The van der Waals surface area contributed by atoms with Gasteiger partial charge in [-0.1, -0.05) is 13.8 Å². The largest absolute Gasteiger partial charge is 0.372 e. The molecule has 1 N–H and O–H groups in total. The number of hydrogen-bond acceptors (Lipinski definition) is 4. The van der Waals surface area contributed by atoms with Crippen LogP contribution in [-0.4, -0.2) is 46.3 Å². The van der Waals surface area contributed by atoms with Crippen LogP contribution in [0.1, 0.15) is 40.0 Å². The summed E-state index contributed by atoms with van der Waals surface area (Å²) in [4.78, 5) is 14.5. The third-order valence-corrected chi connectivity index (χ3v) is 6.13.